The number of carbonyl (C=O) groups excluding carboxylic acids is 2. The Bertz CT molecular complexity index is 800. The Balaban J connectivity index is 1.62. The van der Waals surface area contributed by atoms with Crippen LogP contribution in [0.3, 0.4) is 0 Å². The smallest absolute Gasteiger partial charge is 0.317 e. The number of thiophene rings is 1. The first-order chi connectivity index (χ1) is 13.0. The van der Waals surface area contributed by atoms with Gasteiger partial charge in [-0.25, -0.2) is 4.79 Å². The summed E-state index contributed by atoms with van der Waals surface area (Å²) in [5, 5.41) is 2.78. The minimum Gasteiger partial charge on any atom is -0.492 e. The quantitative estimate of drug-likeness (QED) is 0.665. The van der Waals surface area contributed by atoms with Crippen molar-refractivity contribution >= 4 is 28.3 Å². The first-order valence-corrected chi connectivity index (χ1v) is 9.38. The average Bonchev–Trinajstić information content (AvgIpc) is 3.06. The van der Waals surface area contributed by atoms with Crippen molar-refractivity contribution in [3.8, 4) is 16.2 Å². The van der Waals surface area contributed by atoms with Crippen LogP contribution in [0.5, 0.6) is 5.75 Å². The molecule has 0 unspecified atom stereocenters. The Hall–Kier alpha value is -2.62. The molecule has 1 saturated heterocycles. The number of primary amides is 2. The van der Waals surface area contributed by atoms with E-state index < -0.39 is 11.9 Å². The van der Waals surface area contributed by atoms with E-state index in [4.69, 9.17) is 20.9 Å². The molecular weight excluding hydrogens is 368 g/mol. The number of urea groups is 1. The minimum atomic E-state index is -0.741. The maximum Gasteiger partial charge on any atom is 0.317 e. The molecule has 0 atom stereocenters. The maximum absolute atomic E-state index is 11.6. The molecule has 9 heteroatoms. The first kappa shape index (κ1) is 19.2. The van der Waals surface area contributed by atoms with Gasteiger partial charge in [0.1, 0.15) is 17.4 Å². The third-order valence-corrected chi connectivity index (χ3v) is 5.25. The highest BCUT2D eigenvalue weighted by Gasteiger charge is 2.16. The fourth-order valence-corrected chi connectivity index (χ4v) is 3.83. The number of rotatable bonds is 7. The van der Waals surface area contributed by atoms with Crippen LogP contribution in [0.4, 0.5) is 9.80 Å². The van der Waals surface area contributed by atoms with Crippen LogP contribution in [0.1, 0.15) is 10.4 Å². The molecule has 2 aromatic rings. The van der Waals surface area contributed by atoms with Crippen molar-refractivity contribution in [1.82, 2.24) is 4.90 Å². The van der Waals surface area contributed by atoms with Crippen molar-refractivity contribution in [2.45, 2.75) is 0 Å². The second kappa shape index (κ2) is 8.85. The van der Waals surface area contributed by atoms with Crippen molar-refractivity contribution in [2.75, 3.05) is 44.8 Å². The van der Waals surface area contributed by atoms with Crippen LogP contribution in [-0.2, 0) is 4.74 Å². The Morgan fingerprint density at radius 3 is 2.52 bits per heavy atom. The summed E-state index contributed by atoms with van der Waals surface area (Å²) in [7, 11) is 0. The van der Waals surface area contributed by atoms with Gasteiger partial charge in [-0.15, -0.1) is 11.3 Å². The number of nitrogens with zero attached hydrogens (tertiary/aromatic N) is 1. The van der Waals surface area contributed by atoms with Gasteiger partial charge < -0.3 is 20.9 Å². The summed E-state index contributed by atoms with van der Waals surface area (Å²) in [6, 6.07) is 8.45. The molecule has 1 aliphatic heterocycles. The van der Waals surface area contributed by atoms with E-state index in [0.29, 0.717) is 11.6 Å². The van der Waals surface area contributed by atoms with Crippen LogP contribution in [0.2, 0.25) is 0 Å². The molecule has 3 amide bonds. The van der Waals surface area contributed by atoms with E-state index in [9.17, 15) is 9.59 Å². The van der Waals surface area contributed by atoms with E-state index in [1.165, 1.54) is 11.3 Å². The molecular formula is C18H22N4O4S. The van der Waals surface area contributed by atoms with Gasteiger partial charge in [-0.3, -0.25) is 15.0 Å². The third kappa shape index (κ3) is 5.19. The van der Waals surface area contributed by atoms with Gasteiger partial charge in [0, 0.05) is 24.5 Å². The zero-order chi connectivity index (χ0) is 19.2. The standard InChI is InChI=1S/C18H22N4O4S/c19-16(23)14-11-15(27-17(14)21-18(20)24)12-1-3-13(4-2-12)26-10-7-22-5-8-25-9-6-22/h1-4,11H,5-10H2,(H2,19,23)(H3,20,21,24). The maximum atomic E-state index is 11.6. The fraction of sp³-hybridized carbons (Fsp3) is 0.333. The monoisotopic (exact) mass is 390 g/mol. The van der Waals surface area contributed by atoms with Crippen LogP contribution in [0, 0.1) is 0 Å². The third-order valence-electron chi connectivity index (χ3n) is 4.15. The summed E-state index contributed by atoms with van der Waals surface area (Å²) in [5.41, 5.74) is 11.6. The minimum absolute atomic E-state index is 0.236. The number of morpholine rings is 1. The molecule has 0 radical (unpaired) electrons. The zero-order valence-electron chi connectivity index (χ0n) is 14.8. The normalized spacial score (nSPS) is 14.7. The molecule has 1 aromatic heterocycles. The second-order valence-corrected chi connectivity index (χ2v) is 7.09. The van der Waals surface area contributed by atoms with Gasteiger partial charge >= 0.3 is 6.03 Å². The Morgan fingerprint density at radius 1 is 1.19 bits per heavy atom. The van der Waals surface area contributed by atoms with Gasteiger partial charge in [-0.05, 0) is 35.9 Å². The molecule has 0 bridgehead atoms. The van der Waals surface area contributed by atoms with E-state index in [1.807, 2.05) is 24.3 Å². The van der Waals surface area contributed by atoms with Gasteiger partial charge in [-0.1, -0.05) is 0 Å². The number of amides is 3. The number of hydrogen-bond donors (Lipinski definition) is 3. The van der Waals surface area contributed by atoms with Crippen molar-refractivity contribution in [2.24, 2.45) is 11.5 Å². The van der Waals surface area contributed by atoms with E-state index in [2.05, 4.69) is 10.2 Å². The molecule has 1 aromatic carbocycles. The van der Waals surface area contributed by atoms with Gasteiger partial charge in [0.15, 0.2) is 0 Å². The summed E-state index contributed by atoms with van der Waals surface area (Å²) >= 11 is 1.24. The number of nitrogens with two attached hydrogens (primary N) is 2. The van der Waals surface area contributed by atoms with E-state index in [0.717, 1.165) is 49.0 Å². The number of anilines is 1. The number of carbonyl (C=O) groups is 2. The molecule has 8 nitrogen and oxygen atoms in total. The van der Waals surface area contributed by atoms with Crippen LogP contribution in [0.15, 0.2) is 30.3 Å². The average molecular weight is 390 g/mol. The highest BCUT2D eigenvalue weighted by Crippen LogP contribution is 2.35. The largest absolute Gasteiger partial charge is 0.492 e. The van der Waals surface area contributed by atoms with Gasteiger partial charge in [-0.2, -0.15) is 0 Å². The van der Waals surface area contributed by atoms with Gasteiger partial charge in [0.25, 0.3) is 5.91 Å². The van der Waals surface area contributed by atoms with E-state index in [1.54, 1.807) is 6.07 Å². The van der Waals surface area contributed by atoms with Crippen LogP contribution in [-0.4, -0.2) is 56.3 Å². The molecule has 1 aliphatic rings. The van der Waals surface area contributed by atoms with Crippen molar-refractivity contribution < 1.29 is 19.1 Å². The lowest BCUT2D eigenvalue weighted by Gasteiger charge is -2.26. The zero-order valence-corrected chi connectivity index (χ0v) is 15.6. The molecule has 0 saturated carbocycles. The van der Waals surface area contributed by atoms with Crippen molar-refractivity contribution in [1.29, 1.82) is 0 Å². The fourth-order valence-electron chi connectivity index (χ4n) is 2.75. The highest BCUT2D eigenvalue weighted by molar-refractivity contribution is 7.20. The topological polar surface area (TPSA) is 120 Å². The van der Waals surface area contributed by atoms with Crippen molar-refractivity contribution in [3.05, 3.63) is 35.9 Å². The van der Waals surface area contributed by atoms with Gasteiger partial charge in [0.05, 0.1) is 18.8 Å². The summed E-state index contributed by atoms with van der Waals surface area (Å²) in [4.78, 5) is 25.7. The Kier molecular flexibility index (Phi) is 6.28. The van der Waals surface area contributed by atoms with Crippen LogP contribution < -0.4 is 21.5 Å². The molecule has 2 heterocycles. The summed E-state index contributed by atoms with van der Waals surface area (Å²) in [5.74, 6) is 0.151. The van der Waals surface area contributed by atoms with Gasteiger partial charge in [0.2, 0.25) is 0 Å². The second-order valence-electron chi connectivity index (χ2n) is 6.03. The molecule has 5 N–H and O–H groups in total. The molecule has 1 fully saturated rings. The summed E-state index contributed by atoms with van der Waals surface area (Å²) in [6.07, 6.45) is 0. The number of nitrogens with one attached hydrogen (secondary N) is 1. The lowest BCUT2D eigenvalue weighted by molar-refractivity contribution is 0.0322. The molecule has 144 valence electrons. The highest BCUT2D eigenvalue weighted by atomic mass is 32.1. The molecule has 0 aliphatic carbocycles. The first-order valence-electron chi connectivity index (χ1n) is 8.56. The lowest BCUT2D eigenvalue weighted by atomic mass is 10.1. The Labute approximate surface area is 161 Å². The van der Waals surface area contributed by atoms with Crippen molar-refractivity contribution in [3.63, 3.8) is 0 Å². The molecule has 3 rings (SSSR count). The SMILES string of the molecule is NC(=O)Nc1sc(-c2ccc(OCCN3CCOCC3)cc2)cc1C(N)=O. The summed E-state index contributed by atoms with van der Waals surface area (Å²) in [6.45, 7) is 4.89. The molecule has 27 heavy (non-hydrogen) atoms. The predicted octanol–water partition coefficient (Wildman–Crippen LogP) is 1.72. The van der Waals surface area contributed by atoms with E-state index in [-0.39, 0.29) is 5.56 Å². The van der Waals surface area contributed by atoms with Crippen LogP contribution >= 0.6 is 11.3 Å². The molecule has 0 spiro atoms. The summed E-state index contributed by atoms with van der Waals surface area (Å²) < 4.78 is 11.1. The Morgan fingerprint density at radius 2 is 1.89 bits per heavy atom. The number of ether oxygens (including phenoxy) is 2. The predicted molar refractivity (Wildman–Crippen MR) is 104 cm³/mol. The number of benzene rings is 1. The van der Waals surface area contributed by atoms with E-state index >= 15 is 0 Å². The lowest BCUT2D eigenvalue weighted by Crippen LogP contribution is -2.38. The number of hydrogen-bond acceptors (Lipinski definition) is 6. The van der Waals surface area contributed by atoms with Crippen LogP contribution in [0.25, 0.3) is 10.4 Å².